The summed E-state index contributed by atoms with van der Waals surface area (Å²) in [6, 6.07) is 5.17. The van der Waals surface area contributed by atoms with Crippen molar-refractivity contribution in [1.82, 2.24) is 10.2 Å². The van der Waals surface area contributed by atoms with Gasteiger partial charge in [0.25, 0.3) is 0 Å². The summed E-state index contributed by atoms with van der Waals surface area (Å²) in [5.41, 5.74) is 5.85. The minimum absolute atomic E-state index is 0.0355. The van der Waals surface area contributed by atoms with Gasteiger partial charge >= 0.3 is 6.03 Å². The number of halogens is 1. The molecule has 0 bridgehead atoms. The number of benzene rings is 1. The van der Waals surface area contributed by atoms with Crippen molar-refractivity contribution >= 4 is 17.7 Å². The Bertz CT molecular complexity index is 476. The van der Waals surface area contributed by atoms with E-state index in [0.29, 0.717) is 5.69 Å². The average Bonchev–Trinajstić information content (AvgIpc) is 2.28. The van der Waals surface area contributed by atoms with Crippen molar-refractivity contribution in [2.24, 2.45) is 10.7 Å². The van der Waals surface area contributed by atoms with E-state index in [-0.39, 0.29) is 23.3 Å². The lowest BCUT2D eigenvalue weighted by Gasteiger charge is -2.25. The third kappa shape index (κ3) is 4.95. The van der Waals surface area contributed by atoms with Crippen molar-refractivity contribution < 1.29 is 9.18 Å². The predicted octanol–water partition coefficient (Wildman–Crippen LogP) is 2.21. The first-order valence-electron chi connectivity index (χ1n) is 5.84. The van der Waals surface area contributed by atoms with Gasteiger partial charge in [-0.25, -0.2) is 14.2 Å². The minimum atomic E-state index is -0.360. The number of nitrogens with one attached hydrogen (secondary N) is 1. The number of carbonyl (C=O) groups is 1. The van der Waals surface area contributed by atoms with Crippen LogP contribution in [0.5, 0.6) is 0 Å². The molecule has 0 saturated carbocycles. The first-order chi connectivity index (χ1) is 8.69. The Morgan fingerprint density at radius 1 is 1.32 bits per heavy atom. The summed E-state index contributed by atoms with van der Waals surface area (Å²) in [4.78, 5) is 17.1. The monoisotopic (exact) mass is 266 g/mol. The van der Waals surface area contributed by atoms with E-state index in [4.69, 9.17) is 5.73 Å². The van der Waals surface area contributed by atoms with E-state index in [2.05, 4.69) is 10.3 Å². The van der Waals surface area contributed by atoms with Gasteiger partial charge < -0.3 is 11.1 Å². The van der Waals surface area contributed by atoms with Gasteiger partial charge in [0, 0.05) is 12.6 Å². The Hall–Kier alpha value is -2.11. The van der Waals surface area contributed by atoms with Crippen molar-refractivity contribution in [2.45, 2.75) is 26.3 Å². The van der Waals surface area contributed by atoms with Gasteiger partial charge in [-0.3, -0.25) is 4.90 Å². The molecule has 0 atom stereocenters. The number of rotatable bonds is 1. The Balaban J connectivity index is 2.78. The maximum absolute atomic E-state index is 12.7. The lowest BCUT2D eigenvalue weighted by atomic mass is 10.1. The molecular weight excluding hydrogens is 247 g/mol. The fraction of sp³-hybridized carbons (Fsp3) is 0.385. The fourth-order valence-corrected chi connectivity index (χ4v) is 1.23. The third-order valence-electron chi connectivity index (χ3n) is 2.20. The van der Waals surface area contributed by atoms with Crippen LogP contribution in [0.2, 0.25) is 0 Å². The standard InChI is InChI=1S/C13H19FN4O/c1-13(2,3)17-12(19)18(4)11(15)16-10-7-5-9(14)6-8-10/h5-8H,1-4H3,(H2,15,16)(H,17,19). The van der Waals surface area contributed by atoms with Crippen molar-refractivity contribution in [3.63, 3.8) is 0 Å². The molecule has 2 amide bonds. The molecule has 0 aliphatic rings. The Morgan fingerprint density at radius 2 is 1.84 bits per heavy atom. The van der Waals surface area contributed by atoms with Crippen LogP contribution < -0.4 is 11.1 Å². The minimum Gasteiger partial charge on any atom is -0.369 e. The highest BCUT2D eigenvalue weighted by atomic mass is 19.1. The molecule has 1 aromatic rings. The first kappa shape index (κ1) is 14.9. The molecule has 0 heterocycles. The van der Waals surface area contributed by atoms with E-state index < -0.39 is 0 Å². The van der Waals surface area contributed by atoms with Gasteiger partial charge in [-0.1, -0.05) is 0 Å². The lowest BCUT2D eigenvalue weighted by molar-refractivity contribution is 0.217. The molecule has 1 aromatic carbocycles. The normalized spacial score (nSPS) is 12.2. The van der Waals surface area contributed by atoms with E-state index in [9.17, 15) is 9.18 Å². The van der Waals surface area contributed by atoms with E-state index in [1.807, 2.05) is 20.8 Å². The van der Waals surface area contributed by atoms with Crippen LogP contribution in [0.15, 0.2) is 29.3 Å². The molecule has 19 heavy (non-hydrogen) atoms. The molecule has 0 unspecified atom stereocenters. The van der Waals surface area contributed by atoms with Crippen molar-refractivity contribution in [3.8, 4) is 0 Å². The van der Waals surface area contributed by atoms with Crippen LogP contribution in [-0.2, 0) is 0 Å². The summed E-state index contributed by atoms with van der Waals surface area (Å²) >= 11 is 0. The molecule has 0 aliphatic heterocycles. The summed E-state index contributed by atoms with van der Waals surface area (Å²) < 4.78 is 12.7. The van der Waals surface area contributed by atoms with Crippen molar-refractivity contribution in [3.05, 3.63) is 30.1 Å². The average molecular weight is 266 g/mol. The largest absolute Gasteiger partial charge is 0.369 e. The van der Waals surface area contributed by atoms with Crippen molar-refractivity contribution in [1.29, 1.82) is 0 Å². The summed E-state index contributed by atoms with van der Waals surface area (Å²) in [5, 5.41) is 2.76. The predicted molar refractivity (Wildman–Crippen MR) is 73.7 cm³/mol. The number of urea groups is 1. The molecule has 0 aromatic heterocycles. The topological polar surface area (TPSA) is 70.7 Å². The van der Waals surface area contributed by atoms with Crippen LogP contribution in [0.4, 0.5) is 14.9 Å². The van der Waals surface area contributed by atoms with Gasteiger partial charge in [-0.15, -0.1) is 0 Å². The molecule has 0 saturated heterocycles. The van der Waals surface area contributed by atoms with Gasteiger partial charge in [0.1, 0.15) is 5.82 Å². The molecule has 0 aliphatic carbocycles. The van der Waals surface area contributed by atoms with Crippen LogP contribution in [0.3, 0.4) is 0 Å². The van der Waals surface area contributed by atoms with Gasteiger partial charge in [-0.2, -0.15) is 0 Å². The van der Waals surface area contributed by atoms with Crippen molar-refractivity contribution in [2.75, 3.05) is 7.05 Å². The highest BCUT2D eigenvalue weighted by Gasteiger charge is 2.18. The molecule has 0 fully saturated rings. The zero-order valence-corrected chi connectivity index (χ0v) is 11.6. The summed E-state index contributed by atoms with van der Waals surface area (Å²) in [5.74, 6) is -0.315. The van der Waals surface area contributed by atoms with Crippen LogP contribution in [0.1, 0.15) is 20.8 Å². The molecule has 3 N–H and O–H groups in total. The molecule has 5 nitrogen and oxygen atoms in total. The first-order valence-corrected chi connectivity index (χ1v) is 5.84. The Kier molecular flexibility index (Phi) is 4.47. The van der Waals surface area contributed by atoms with E-state index >= 15 is 0 Å². The number of carbonyl (C=O) groups excluding carboxylic acids is 1. The smallest absolute Gasteiger partial charge is 0.324 e. The van der Waals surface area contributed by atoms with Gasteiger partial charge in [-0.05, 0) is 45.0 Å². The van der Waals surface area contributed by atoms with Crippen LogP contribution in [0, 0.1) is 5.82 Å². The van der Waals surface area contributed by atoms with E-state index in [1.165, 1.54) is 36.2 Å². The van der Waals surface area contributed by atoms with Crippen LogP contribution >= 0.6 is 0 Å². The number of aliphatic imine (C=N–C) groups is 1. The lowest BCUT2D eigenvalue weighted by Crippen LogP contribution is -2.50. The second kappa shape index (κ2) is 5.69. The molecule has 1 rings (SSSR count). The number of guanidine groups is 1. The second-order valence-corrected chi connectivity index (χ2v) is 5.19. The number of hydrogen-bond acceptors (Lipinski definition) is 2. The zero-order valence-electron chi connectivity index (χ0n) is 11.6. The maximum atomic E-state index is 12.7. The zero-order chi connectivity index (χ0) is 14.6. The molecule has 0 spiro atoms. The van der Waals surface area contributed by atoms with Gasteiger partial charge in [0.15, 0.2) is 0 Å². The molecule has 104 valence electrons. The number of hydrogen-bond donors (Lipinski definition) is 2. The summed E-state index contributed by atoms with van der Waals surface area (Å²) in [6.45, 7) is 5.60. The SMILES string of the molecule is CN(C(=O)NC(C)(C)C)C(N)=Nc1ccc(F)cc1. The van der Waals surface area contributed by atoms with Gasteiger partial charge in [0.05, 0.1) is 5.69 Å². The number of nitrogens with zero attached hydrogens (tertiary/aromatic N) is 2. The van der Waals surface area contributed by atoms with E-state index in [1.54, 1.807) is 0 Å². The van der Waals surface area contributed by atoms with Crippen LogP contribution in [0.25, 0.3) is 0 Å². The number of nitrogens with two attached hydrogens (primary N) is 1. The molecule has 0 radical (unpaired) electrons. The molecule has 6 heteroatoms. The molecular formula is C13H19FN4O. The highest BCUT2D eigenvalue weighted by molar-refractivity contribution is 5.96. The number of amides is 2. The Morgan fingerprint density at radius 3 is 2.32 bits per heavy atom. The second-order valence-electron chi connectivity index (χ2n) is 5.19. The summed E-state index contributed by atoms with van der Waals surface area (Å²) in [7, 11) is 1.52. The summed E-state index contributed by atoms with van der Waals surface area (Å²) in [6.07, 6.45) is 0. The third-order valence-corrected chi connectivity index (χ3v) is 2.20. The fourth-order valence-electron chi connectivity index (χ4n) is 1.23. The van der Waals surface area contributed by atoms with E-state index in [0.717, 1.165) is 0 Å². The maximum Gasteiger partial charge on any atom is 0.324 e. The highest BCUT2D eigenvalue weighted by Crippen LogP contribution is 2.12. The van der Waals surface area contributed by atoms with Gasteiger partial charge in [0.2, 0.25) is 5.96 Å². The van der Waals surface area contributed by atoms with Crippen LogP contribution in [-0.4, -0.2) is 29.5 Å². The quantitative estimate of drug-likeness (QED) is 0.604. The Labute approximate surface area is 112 Å².